The predicted octanol–water partition coefficient (Wildman–Crippen LogP) is 2.59. The molecule has 8 heteroatoms. The monoisotopic (exact) mass is 379 g/mol. The number of nitrogens with zero attached hydrogens (tertiary/aromatic N) is 4. The minimum atomic E-state index is -0.529. The summed E-state index contributed by atoms with van der Waals surface area (Å²) in [7, 11) is 0. The summed E-state index contributed by atoms with van der Waals surface area (Å²) in [4.78, 5) is 26.3. The number of anilines is 1. The number of amides is 3. The predicted molar refractivity (Wildman–Crippen MR) is 102 cm³/mol. The van der Waals surface area contributed by atoms with Crippen molar-refractivity contribution in [1.29, 1.82) is 0 Å². The van der Waals surface area contributed by atoms with E-state index in [9.17, 15) is 9.59 Å². The van der Waals surface area contributed by atoms with Crippen molar-refractivity contribution in [3.05, 3.63) is 65.3 Å². The van der Waals surface area contributed by atoms with E-state index in [1.807, 2.05) is 44.2 Å². The van der Waals surface area contributed by atoms with Gasteiger partial charge in [0.2, 0.25) is 0 Å². The maximum absolute atomic E-state index is 12.8. The standard InChI is InChI=1S/C20H21N5O3/c1-13-17(14(2)28-23-13)12-24-11-16(10-21-24)25-19(26)18(22-20(25)27)9-8-15-6-4-3-5-7-15/h3-7,10-11,18H,8-9,12H2,1-2H3,(H,22,27). The molecule has 1 unspecified atom stereocenters. The SMILES string of the molecule is Cc1noc(C)c1Cn1cc(N2C(=O)NC(CCc3ccccc3)C2=O)cn1. The van der Waals surface area contributed by atoms with Gasteiger partial charge in [-0.2, -0.15) is 5.10 Å². The zero-order chi connectivity index (χ0) is 19.7. The first-order chi connectivity index (χ1) is 13.5. The highest BCUT2D eigenvalue weighted by atomic mass is 16.5. The molecular formula is C20H21N5O3. The van der Waals surface area contributed by atoms with Crippen molar-refractivity contribution in [2.24, 2.45) is 0 Å². The fourth-order valence-corrected chi connectivity index (χ4v) is 3.37. The smallest absolute Gasteiger partial charge is 0.329 e. The largest absolute Gasteiger partial charge is 0.361 e. The van der Waals surface area contributed by atoms with Gasteiger partial charge in [-0.15, -0.1) is 0 Å². The molecule has 2 aromatic heterocycles. The molecular weight excluding hydrogens is 358 g/mol. The number of hydrogen-bond acceptors (Lipinski definition) is 5. The normalized spacial score (nSPS) is 16.6. The van der Waals surface area contributed by atoms with Crippen LogP contribution in [0.3, 0.4) is 0 Å². The molecule has 0 saturated carbocycles. The molecule has 144 valence electrons. The van der Waals surface area contributed by atoms with Gasteiger partial charge in [0, 0.05) is 11.8 Å². The van der Waals surface area contributed by atoms with E-state index in [2.05, 4.69) is 15.6 Å². The zero-order valence-electron chi connectivity index (χ0n) is 15.8. The lowest BCUT2D eigenvalue weighted by Gasteiger charge is -2.10. The van der Waals surface area contributed by atoms with Crippen LogP contribution in [-0.2, 0) is 17.8 Å². The van der Waals surface area contributed by atoms with Gasteiger partial charge in [0.1, 0.15) is 11.8 Å². The average Bonchev–Trinajstić information content (AvgIpc) is 3.35. The van der Waals surface area contributed by atoms with Crippen molar-refractivity contribution in [3.63, 3.8) is 0 Å². The molecule has 28 heavy (non-hydrogen) atoms. The molecule has 1 aromatic carbocycles. The van der Waals surface area contributed by atoms with E-state index in [0.29, 0.717) is 18.7 Å². The average molecular weight is 379 g/mol. The summed E-state index contributed by atoms with van der Waals surface area (Å²) >= 11 is 0. The Morgan fingerprint density at radius 3 is 2.68 bits per heavy atom. The van der Waals surface area contributed by atoms with E-state index in [0.717, 1.165) is 33.9 Å². The number of carbonyl (C=O) groups excluding carboxylic acids is 2. The number of imide groups is 1. The first-order valence-electron chi connectivity index (χ1n) is 9.15. The molecule has 1 atom stereocenters. The maximum Gasteiger partial charge on any atom is 0.329 e. The second-order valence-corrected chi connectivity index (χ2v) is 6.90. The van der Waals surface area contributed by atoms with Crippen LogP contribution < -0.4 is 10.2 Å². The van der Waals surface area contributed by atoms with Gasteiger partial charge < -0.3 is 9.84 Å². The molecule has 1 aliphatic heterocycles. The third-order valence-corrected chi connectivity index (χ3v) is 4.96. The van der Waals surface area contributed by atoms with Crippen molar-refractivity contribution in [3.8, 4) is 0 Å². The van der Waals surface area contributed by atoms with Crippen LogP contribution in [0.4, 0.5) is 10.5 Å². The number of aryl methyl sites for hydroxylation is 3. The Kier molecular flexibility index (Phi) is 4.68. The quantitative estimate of drug-likeness (QED) is 0.665. The van der Waals surface area contributed by atoms with E-state index in [-0.39, 0.29) is 5.91 Å². The van der Waals surface area contributed by atoms with Crippen LogP contribution in [-0.4, -0.2) is 32.9 Å². The summed E-state index contributed by atoms with van der Waals surface area (Å²) in [6.45, 7) is 4.17. The van der Waals surface area contributed by atoms with Crippen LogP contribution in [0.15, 0.2) is 47.2 Å². The second-order valence-electron chi connectivity index (χ2n) is 6.90. The molecule has 1 saturated heterocycles. The minimum Gasteiger partial charge on any atom is -0.361 e. The molecule has 0 spiro atoms. The van der Waals surface area contributed by atoms with Gasteiger partial charge in [-0.25, -0.2) is 9.69 Å². The molecule has 0 aliphatic carbocycles. The Morgan fingerprint density at radius 2 is 1.96 bits per heavy atom. The molecule has 1 N–H and O–H groups in total. The Bertz CT molecular complexity index is 989. The summed E-state index contributed by atoms with van der Waals surface area (Å²) < 4.78 is 6.83. The summed E-state index contributed by atoms with van der Waals surface area (Å²) in [5.41, 5.74) is 3.32. The fourth-order valence-electron chi connectivity index (χ4n) is 3.37. The Labute approximate surface area is 162 Å². The number of benzene rings is 1. The third kappa shape index (κ3) is 3.40. The second kappa shape index (κ2) is 7.30. The van der Waals surface area contributed by atoms with E-state index in [4.69, 9.17) is 4.52 Å². The highest BCUT2D eigenvalue weighted by Crippen LogP contribution is 2.22. The number of nitrogens with one attached hydrogen (secondary N) is 1. The van der Waals surface area contributed by atoms with E-state index in [1.54, 1.807) is 10.9 Å². The highest BCUT2D eigenvalue weighted by Gasteiger charge is 2.39. The summed E-state index contributed by atoms with van der Waals surface area (Å²) in [6, 6.07) is 8.95. The first-order valence-corrected chi connectivity index (χ1v) is 9.15. The molecule has 0 radical (unpaired) electrons. The molecule has 8 nitrogen and oxygen atoms in total. The topological polar surface area (TPSA) is 93.3 Å². The molecule has 4 rings (SSSR count). The number of hydrogen-bond donors (Lipinski definition) is 1. The van der Waals surface area contributed by atoms with Crippen LogP contribution in [0.2, 0.25) is 0 Å². The van der Waals surface area contributed by atoms with Crippen LogP contribution >= 0.6 is 0 Å². The summed E-state index contributed by atoms with van der Waals surface area (Å²) in [5.74, 6) is 0.475. The molecule has 3 amide bonds. The summed E-state index contributed by atoms with van der Waals surface area (Å²) in [5, 5.41) is 11.0. The van der Waals surface area contributed by atoms with Crippen molar-refractivity contribution in [1.82, 2.24) is 20.3 Å². The molecule has 3 aromatic rings. The van der Waals surface area contributed by atoms with Crippen molar-refractivity contribution in [2.45, 2.75) is 39.3 Å². The van der Waals surface area contributed by atoms with Crippen LogP contribution in [0.1, 0.15) is 29.0 Å². The zero-order valence-corrected chi connectivity index (χ0v) is 15.8. The Hall–Kier alpha value is -3.42. The van der Waals surface area contributed by atoms with Crippen molar-refractivity contribution in [2.75, 3.05) is 4.90 Å². The Balaban J connectivity index is 1.45. The molecule has 1 fully saturated rings. The van der Waals surface area contributed by atoms with E-state index < -0.39 is 12.1 Å². The lowest BCUT2D eigenvalue weighted by atomic mass is 10.1. The number of rotatable bonds is 6. The number of carbonyl (C=O) groups is 2. The molecule has 1 aliphatic rings. The minimum absolute atomic E-state index is 0.252. The van der Waals surface area contributed by atoms with Crippen molar-refractivity contribution >= 4 is 17.6 Å². The van der Waals surface area contributed by atoms with Crippen LogP contribution in [0.25, 0.3) is 0 Å². The van der Waals surface area contributed by atoms with E-state index in [1.165, 1.54) is 6.20 Å². The van der Waals surface area contributed by atoms with Gasteiger partial charge in [0.25, 0.3) is 5.91 Å². The third-order valence-electron chi connectivity index (χ3n) is 4.96. The first kappa shape index (κ1) is 18.0. The Morgan fingerprint density at radius 1 is 1.18 bits per heavy atom. The van der Waals surface area contributed by atoms with Gasteiger partial charge in [-0.3, -0.25) is 9.48 Å². The maximum atomic E-state index is 12.8. The van der Waals surface area contributed by atoms with Crippen LogP contribution in [0.5, 0.6) is 0 Å². The van der Waals surface area contributed by atoms with Crippen LogP contribution in [0, 0.1) is 13.8 Å². The number of urea groups is 1. The number of aromatic nitrogens is 3. The summed E-state index contributed by atoms with van der Waals surface area (Å²) in [6.07, 6.45) is 4.48. The fraction of sp³-hybridized carbons (Fsp3) is 0.300. The van der Waals surface area contributed by atoms with Gasteiger partial charge >= 0.3 is 6.03 Å². The lowest BCUT2D eigenvalue weighted by Crippen LogP contribution is -2.31. The van der Waals surface area contributed by atoms with Gasteiger partial charge in [-0.1, -0.05) is 35.5 Å². The lowest BCUT2D eigenvalue weighted by molar-refractivity contribution is -0.118. The molecule has 0 bridgehead atoms. The molecule has 3 heterocycles. The highest BCUT2D eigenvalue weighted by molar-refractivity contribution is 6.21. The van der Waals surface area contributed by atoms with Gasteiger partial charge in [0.15, 0.2) is 0 Å². The van der Waals surface area contributed by atoms with Gasteiger partial charge in [0.05, 0.1) is 24.1 Å². The van der Waals surface area contributed by atoms with Gasteiger partial charge in [-0.05, 0) is 32.3 Å². The van der Waals surface area contributed by atoms with E-state index >= 15 is 0 Å². The van der Waals surface area contributed by atoms with Crippen molar-refractivity contribution < 1.29 is 14.1 Å².